The summed E-state index contributed by atoms with van der Waals surface area (Å²) in [5, 5.41) is 4.04. The maximum atomic E-state index is 10.5. The maximum absolute atomic E-state index is 10.5. The molecule has 0 radical (unpaired) electrons. The monoisotopic (exact) mass is 334 g/mol. The molecular formula is C17H16Cl2N2O. The summed E-state index contributed by atoms with van der Waals surface area (Å²) < 4.78 is 0. The SMILES string of the molecule is CN1Cc2c(Cl)cc(Cl)cc2C(c2ccc(NC=O)cc2)C1. The number of carbonyl (C=O) groups is 1. The van der Waals surface area contributed by atoms with Gasteiger partial charge in [-0.2, -0.15) is 0 Å². The summed E-state index contributed by atoms with van der Waals surface area (Å²) in [7, 11) is 2.09. The van der Waals surface area contributed by atoms with Gasteiger partial charge in [-0.1, -0.05) is 35.3 Å². The third-order valence-electron chi connectivity index (χ3n) is 4.03. The fourth-order valence-electron chi connectivity index (χ4n) is 3.01. The van der Waals surface area contributed by atoms with Crippen LogP contribution in [0, 0.1) is 0 Å². The molecule has 0 aliphatic carbocycles. The number of fused-ring (bicyclic) bond motifs is 1. The first kappa shape index (κ1) is 15.3. The van der Waals surface area contributed by atoms with E-state index in [0.717, 1.165) is 29.4 Å². The molecule has 0 saturated heterocycles. The van der Waals surface area contributed by atoms with Gasteiger partial charge in [0.15, 0.2) is 0 Å². The Morgan fingerprint density at radius 2 is 1.95 bits per heavy atom. The summed E-state index contributed by atoms with van der Waals surface area (Å²) in [6, 6.07) is 11.7. The lowest BCUT2D eigenvalue weighted by molar-refractivity contribution is -0.105. The molecule has 0 fully saturated rings. The zero-order valence-corrected chi connectivity index (χ0v) is 13.7. The van der Waals surface area contributed by atoms with E-state index >= 15 is 0 Å². The number of nitrogens with zero attached hydrogens (tertiary/aromatic N) is 1. The van der Waals surface area contributed by atoms with Crippen LogP contribution in [0.15, 0.2) is 36.4 Å². The zero-order chi connectivity index (χ0) is 15.7. The van der Waals surface area contributed by atoms with Crippen molar-refractivity contribution in [3.8, 4) is 0 Å². The second-order valence-corrected chi connectivity index (χ2v) is 6.43. The van der Waals surface area contributed by atoms with E-state index in [0.29, 0.717) is 11.4 Å². The summed E-state index contributed by atoms with van der Waals surface area (Å²) in [5.41, 5.74) is 4.29. The van der Waals surface area contributed by atoms with Gasteiger partial charge in [-0.15, -0.1) is 0 Å². The van der Waals surface area contributed by atoms with Crippen LogP contribution in [0.1, 0.15) is 22.6 Å². The van der Waals surface area contributed by atoms with Gasteiger partial charge < -0.3 is 10.2 Å². The Balaban J connectivity index is 2.03. The molecule has 3 nitrogen and oxygen atoms in total. The fraction of sp³-hybridized carbons (Fsp3) is 0.235. The lowest BCUT2D eigenvalue weighted by Crippen LogP contribution is -2.31. The zero-order valence-electron chi connectivity index (χ0n) is 12.1. The van der Waals surface area contributed by atoms with Crippen LogP contribution >= 0.6 is 23.2 Å². The molecule has 0 bridgehead atoms. The van der Waals surface area contributed by atoms with Gasteiger partial charge in [0, 0.05) is 34.7 Å². The van der Waals surface area contributed by atoms with Crippen molar-refractivity contribution in [3.05, 3.63) is 63.1 Å². The molecule has 0 spiro atoms. The smallest absolute Gasteiger partial charge is 0.211 e. The molecule has 114 valence electrons. The first-order valence-corrected chi connectivity index (χ1v) is 7.80. The molecule has 0 aromatic heterocycles. The highest BCUT2D eigenvalue weighted by atomic mass is 35.5. The van der Waals surface area contributed by atoms with Gasteiger partial charge in [0.1, 0.15) is 0 Å². The number of anilines is 1. The Kier molecular flexibility index (Phi) is 4.39. The summed E-state index contributed by atoms with van der Waals surface area (Å²) in [6.07, 6.45) is 0.679. The van der Waals surface area contributed by atoms with Crippen LogP contribution < -0.4 is 5.32 Å². The molecule has 1 N–H and O–H groups in total. The largest absolute Gasteiger partial charge is 0.329 e. The molecule has 1 heterocycles. The number of rotatable bonds is 3. The number of hydrogen-bond donors (Lipinski definition) is 1. The van der Waals surface area contributed by atoms with Crippen molar-refractivity contribution >= 4 is 35.3 Å². The van der Waals surface area contributed by atoms with Crippen molar-refractivity contribution in [1.82, 2.24) is 4.90 Å². The second-order valence-electron chi connectivity index (χ2n) is 5.59. The van der Waals surface area contributed by atoms with Gasteiger partial charge >= 0.3 is 0 Å². The Morgan fingerprint density at radius 3 is 2.64 bits per heavy atom. The number of nitrogens with one attached hydrogen (secondary N) is 1. The molecular weight excluding hydrogens is 319 g/mol. The summed E-state index contributed by atoms with van der Waals surface area (Å²) in [5.74, 6) is 0.218. The van der Waals surface area contributed by atoms with E-state index in [1.165, 1.54) is 11.1 Å². The highest BCUT2D eigenvalue weighted by Crippen LogP contribution is 2.38. The van der Waals surface area contributed by atoms with E-state index in [2.05, 4.69) is 17.3 Å². The Labute approximate surface area is 139 Å². The van der Waals surface area contributed by atoms with Crippen molar-refractivity contribution < 1.29 is 4.79 Å². The van der Waals surface area contributed by atoms with Crippen LogP contribution in [0.3, 0.4) is 0 Å². The van der Waals surface area contributed by atoms with E-state index in [1.54, 1.807) is 6.07 Å². The minimum Gasteiger partial charge on any atom is -0.329 e. The minimum absolute atomic E-state index is 0.218. The molecule has 1 aliphatic heterocycles. The second kappa shape index (κ2) is 6.29. The van der Waals surface area contributed by atoms with Crippen molar-refractivity contribution in [2.24, 2.45) is 0 Å². The van der Waals surface area contributed by atoms with Crippen LogP contribution in [0.25, 0.3) is 0 Å². The number of benzene rings is 2. The molecule has 5 heteroatoms. The van der Waals surface area contributed by atoms with Crippen LogP contribution in [0.2, 0.25) is 10.0 Å². The average Bonchev–Trinajstić information content (AvgIpc) is 2.49. The molecule has 2 aromatic rings. The van der Waals surface area contributed by atoms with E-state index in [4.69, 9.17) is 23.2 Å². The third-order valence-corrected chi connectivity index (χ3v) is 4.59. The molecule has 0 saturated carbocycles. The fourth-order valence-corrected chi connectivity index (χ4v) is 3.58. The number of halogens is 2. The van der Waals surface area contributed by atoms with Crippen LogP contribution in [-0.4, -0.2) is 24.9 Å². The highest BCUT2D eigenvalue weighted by Gasteiger charge is 2.26. The summed E-state index contributed by atoms with van der Waals surface area (Å²) in [6.45, 7) is 1.73. The van der Waals surface area contributed by atoms with Gasteiger partial charge in [0.2, 0.25) is 6.41 Å². The van der Waals surface area contributed by atoms with E-state index < -0.39 is 0 Å². The van der Waals surface area contributed by atoms with Crippen molar-refractivity contribution in [2.45, 2.75) is 12.5 Å². The Morgan fingerprint density at radius 1 is 1.23 bits per heavy atom. The maximum Gasteiger partial charge on any atom is 0.211 e. The number of carbonyl (C=O) groups excluding carboxylic acids is 1. The summed E-state index contributed by atoms with van der Waals surface area (Å²) in [4.78, 5) is 12.7. The van der Waals surface area contributed by atoms with Crippen molar-refractivity contribution in [2.75, 3.05) is 18.9 Å². The molecule has 2 aromatic carbocycles. The molecule has 3 rings (SSSR count). The van der Waals surface area contributed by atoms with Crippen LogP contribution in [0.4, 0.5) is 5.69 Å². The van der Waals surface area contributed by atoms with Crippen molar-refractivity contribution in [3.63, 3.8) is 0 Å². The Hall–Kier alpha value is -1.55. The highest BCUT2D eigenvalue weighted by molar-refractivity contribution is 6.35. The van der Waals surface area contributed by atoms with Gasteiger partial charge in [-0.25, -0.2) is 0 Å². The van der Waals surface area contributed by atoms with E-state index in [1.807, 2.05) is 30.3 Å². The molecule has 22 heavy (non-hydrogen) atoms. The average molecular weight is 335 g/mol. The first-order chi connectivity index (χ1) is 10.6. The molecule has 1 unspecified atom stereocenters. The predicted molar refractivity (Wildman–Crippen MR) is 90.8 cm³/mol. The predicted octanol–water partition coefficient (Wildman–Crippen LogP) is 4.14. The van der Waals surface area contributed by atoms with Gasteiger partial charge in [-0.3, -0.25) is 4.79 Å². The molecule has 1 amide bonds. The van der Waals surface area contributed by atoms with Gasteiger partial charge in [0.05, 0.1) is 0 Å². The van der Waals surface area contributed by atoms with Crippen molar-refractivity contribution in [1.29, 1.82) is 0 Å². The van der Waals surface area contributed by atoms with Crippen LogP contribution in [-0.2, 0) is 11.3 Å². The van der Waals surface area contributed by atoms with Gasteiger partial charge in [0.25, 0.3) is 0 Å². The lowest BCUT2D eigenvalue weighted by atomic mass is 9.85. The standard InChI is InChI=1S/C17H16Cl2N2O/c1-21-8-15(11-2-4-13(5-3-11)20-10-22)14-6-12(18)7-17(19)16(14)9-21/h2-7,10,15H,8-9H2,1H3,(H,20,22). The topological polar surface area (TPSA) is 32.3 Å². The normalized spacial score (nSPS) is 17.9. The van der Waals surface area contributed by atoms with Crippen LogP contribution in [0.5, 0.6) is 0 Å². The number of likely N-dealkylation sites (N-methyl/N-ethyl adjacent to an activating group) is 1. The van der Waals surface area contributed by atoms with Gasteiger partial charge in [-0.05, 0) is 48.0 Å². The number of hydrogen-bond acceptors (Lipinski definition) is 2. The molecule has 1 aliphatic rings. The number of amides is 1. The first-order valence-electron chi connectivity index (χ1n) is 7.05. The lowest BCUT2D eigenvalue weighted by Gasteiger charge is -2.33. The molecule has 1 atom stereocenters. The quantitative estimate of drug-likeness (QED) is 0.855. The summed E-state index contributed by atoms with van der Waals surface area (Å²) >= 11 is 12.6. The van der Waals surface area contributed by atoms with E-state index in [-0.39, 0.29) is 5.92 Å². The third kappa shape index (κ3) is 2.98. The minimum atomic E-state index is 0.218. The Bertz CT molecular complexity index is 701. The van der Waals surface area contributed by atoms with E-state index in [9.17, 15) is 4.79 Å².